The molecule has 4 rings (SSSR count). The van der Waals surface area contributed by atoms with Crippen molar-refractivity contribution < 1.29 is 4.79 Å². The van der Waals surface area contributed by atoms with Crippen LogP contribution in [0.1, 0.15) is 23.6 Å². The molecule has 4 aromatic rings. The van der Waals surface area contributed by atoms with Crippen LogP contribution in [0.4, 0.5) is 5.69 Å². The predicted octanol–water partition coefficient (Wildman–Crippen LogP) is 3.92. The van der Waals surface area contributed by atoms with Crippen LogP contribution in [0.2, 0.25) is 0 Å². The zero-order valence-electron chi connectivity index (χ0n) is 18.9. The molecule has 0 aliphatic heterocycles. The summed E-state index contributed by atoms with van der Waals surface area (Å²) in [6.07, 6.45) is 1.41. The molecule has 0 aliphatic rings. The van der Waals surface area contributed by atoms with Gasteiger partial charge < -0.3 is 5.32 Å². The molecule has 6 nitrogen and oxygen atoms in total. The summed E-state index contributed by atoms with van der Waals surface area (Å²) in [4.78, 5) is 39.2. The molecule has 3 aromatic carbocycles. The average Bonchev–Trinajstić information content (AvgIpc) is 2.82. The number of benzene rings is 3. The fourth-order valence-corrected chi connectivity index (χ4v) is 4.04. The molecule has 0 unspecified atom stereocenters. The summed E-state index contributed by atoms with van der Waals surface area (Å²) in [5.41, 5.74) is 3.61. The fourth-order valence-electron chi connectivity index (χ4n) is 4.04. The molecule has 0 aliphatic carbocycles. The number of para-hydroxylation sites is 1. The second-order valence-corrected chi connectivity index (χ2v) is 8.18. The van der Waals surface area contributed by atoms with Crippen LogP contribution in [-0.2, 0) is 30.7 Å². The normalized spacial score (nSPS) is 11.0. The number of carbonyl (C=O) groups is 1. The van der Waals surface area contributed by atoms with E-state index >= 15 is 0 Å². The minimum Gasteiger partial charge on any atom is -0.325 e. The topological polar surface area (TPSA) is 73.1 Å². The highest BCUT2D eigenvalue weighted by atomic mass is 16.2. The van der Waals surface area contributed by atoms with Gasteiger partial charge in [-0.05, 0) is 55.2 Å². The molecule has 168 valence electrons. The Labute approximate surface area is 192 Å². The molecule has 1 N–H and O–H groups in total. The van der Waals surface area contributed by atoms with Gasteiger partial charge in [0.1, 0.15) is 6.54 Å². The van der Waals surface area contributed by atoms with Crippen molar-refractivity contribution in [2.75, 3.05) is 5.32 Å². The van der Waals surface area contributed by atoms with Gasteiger partial charge >= 0.3 is 5.69 Å². The molecule has 0 saturated heterocycles. The average molecular weight is 442 g/mol. The van der Waals surface area contributed by atoms with E-state index in [1.807, 2.05) is 62.4 Å². The summed E-state index contributed by atoms with van der Waals surface area (Å²) in [7, 11) is 0. The van der Waals surface area contributed by atoms with Crippen molar-refractivity contribution in [2.24, 2.45) is 0 Å². The van der Waals surface area contributed by atoms with Gasteiger partial charge in [0.2, 0.25) is 5.91 Å². The Hall–Kier alpha value is -3.93. The SMILES string of the molecule is CCc1cccc(NC(=O)Cn2c(=O)n(CCc3cccc(C)c3)c(=O)c3ccccc32)c1. The summed E-state index contributed by atoms with van der Waals surface area (Å²) in [6.45, 7) is 4.12. The molecule has 0 bridgehead atoms. The van der Waals surface area contributed by atoms with Gasteiger partial charge in [-0.25, -0.2) is 4.79 Å². The largest absolute Gasteiger partial charge is 0.331 e. The van der Waals surface area contributed by atoms with Crippen LogP contribution >= 0.6 is 0 Å². The summed E-state index contributed by atoms with van der Waals surface area (Å²) >= 11 is 0. The van der Waals surface area contributed by atoms with E-state index in [0.29, 0.717) is 23.0 Å². The molecule has 0 saturated carbocycles. The number of nitrogens with zero attached hydrogens (tertiary/aromatic N) is 2. The molecular weight excluding hydrogens is 414 g/mol. The van der Waals surface area contributed by atoms with Gasteiger partial charge in [-0.15, -0.1) is 0 Å². The van der Waals surface area contributed by atoms with Gasteiger partial charge in [-0.2, -0.15) is 0 Å². The Morgan fingerprint density at radius 2 is 1.64 bits per heavy atom. The minimum atomic E-state index is -0.483. The molecule has 1 amide bonds. The molecule has 1 aromatic heterocycles. The lowest BCUT2D eigenvalue weighted by atomic mass is 10.1. The van der Waals surface area contributed by atoms with Gasteiger partial charge in [-0.1, -0.05) is 61.0 Å². The Kier molecular flexibility index (Phi) is 6.54. The van der Waals surface area contributed by atoms with Crippen LogP contribution < -0.4 is 16.6 Å². The van der Waals surface area contributed by atoms with E-state index in [1.165, 1.54) is 9.13 Å². The molecule has 0 fully saturated rings. The number of rotatable bonds is 7. The zero-order valence-corrected chi connectivity index (χ0v) is 18.9. The van der Waals surface area contributed by atoms with Crippen LogP contribution in [0.5, 0.6) is 0 Å². The van der Waals surface area contributed by atoms with Crippen molar-refractivity contribution in [3.05, 3.63) is 110 Å². The second kappa shape index (κ2) is 9.69. The number of hydrogen-bond donors (Lipinski definition) is 1. The first-order valence-electron chi connectivity index (χ1n) is 11.1. The number of aryl methyl sites for hydroxylation is 3. The van der Waals surface area contributed by atoms with Gasteiger partial charge in [0.05, 0.1) is 10.9 Å². The predicted molar refractivity (Wildman–Crippen MR) is 132 cm³/mol. The molecule has 33 heavy (non-hydrogen) atoms. The van der Waals surface area contributed by atoms with E-state index in [4.69, 9.17) is 0 Å². The van der Waals surface area contributed by atoms with Crippen molar-refractivity contribution in [2.45, 2.75) is 39.8 Å². The maximum Gasteiger partial charge on any atom is 0.331 e. The number of carbonyl (C=O) groups excluding carboxylic acids is 1. The van der Waals surface area contributed by atoms with Crippen LogP contribution in [-0.4, -0.2) is 15.0 Å². The van der Waals surface area contributed by atoms with Crippen molar-refractivity contribution >= 4 is 22.5 Å². The maximum absolute atomic E-state index is 13.3. The molecule has 0 atom stereocenters. The van der Waals surface area contributed by atoms with E-state index in [-0.39, 0.29) is 24.6 Å². The third-order valence-corrected chi connectivity index (χ3v) is 5.76. The lowest BCUT2D eigenvalue weighted by Gasteiger charge is -2.14. The zero-order chi connectivity index (χ0) is 23.4. The monoisotopic (exact) mass is 441 g/mol. The smallest absolute Gasteiger partial charge is 0.325 e. The summed E-state index contributed by atoms with van der Waals surface area (Å²) in [5.74, 6) is -0.320. The van der Waals surface area contributed by atoms with Crippen molar-refractivity contribution in [3.8, 4) is 0 Å². The van der Waals surface area contributed by atoms with Gasteiger partial charge in [0.15, 0.2) is 0 Å². The van der Waals surface area contributed by atoms with Gasteiger partial charge in [0.25, 0.3) is 5.56 Å². The first-order valence-corrected chi connectivity index (χ1v) is 11.1. The van der Waals surface area contributed by atoms with Gasteiger partial charge in [-0.3, -0.25) is 18.7 Å². The number of amides is 1. The molecule has 1 heterocycles. The van der Waals surface area contributed by atoms with Gasteiger partial charge in [0, 0.05) is 12.2 Å². The first kappa shape index (κ1) is 22.3. The minimum absolute atomic E-state index is 0.180. The quantitative estimate of drug-likeness (QED) is 0.473. The Bertz CT molecular complexity index is 1430. The van der Waals surface area contributed by atoms with Crippen LogP contribution in [0.3, 0.4) is 0 Å². The molecule has 0 radical (unpaired) electrons. The number of anilines is 1. The molecule has 6 heteroatoms. The standard InChI is InChI=1S/C27H27N3O3/c1-3-20-9-7-11-22(17-20)28-25(31)18-30-24-13-5-4-12-23(24)26(32)29(27(30)33)15-14-21-10-6-8-19(2)16-21/h4-13,16-17H,3,14-15,18H2,1-2H3,(H,28,31). The highest BCUT2D eigenvalue weighted by Crippen LogP contribution is 2.12. The lowest BCUT2D eigenvalue weighted by Crippen LogP contribution is -2.42. The number of nitrogens with one attached hydrogen (secondary N) is 1. The molecular formula is C27H27N3O3. The number of fused-ring (bicyclic) bond motifs is 1. The molecule has 0 spiro atoms. The summed E-state index contributed by atoms with van der Waals surface area (Å²) in [6, 6.07) is 22.5. The van der Waals surface area contributed by atoms with Crippen molar-refractivity contribution in [1.29, 1.82) is 0 Å². The summed E-state index contributed by atoms with van der Waals surface area (Å²) < 4.78 is 2.61. The van der Waals surface area contributed by atoms with Crippen LogP contribution in [0, 0.1) is 6.92 Å². The van der Waals surface area contributed by atoms with E-state index in [1.54, 1.807) is 24.3 Å². The number of aromatic nitrogens is 2. The van der Waals surface area contributed by atoms with E-state index in [2.05, 4.69) is 5.32 Å². The Morgan fingerprint density at radius 3 is 2.42 bits per heavy atom. The number of hydrogen-bond acceptors (Lipinski definition) is 3. The Morgan fingerprint density at radius 1 is 0.879 bits per heavy atom. The van der Waals surface area contributed by atoms with Crippen LogP contribution in [0.25, 0.3) is 10.9 Å². The first-order chi connectivity index (χ1) is 16.0. The Balaban J connectivity index is 1.67. The van der Waals surface area contributed by atoms with Crippen molar-refractivity contribution in [3.63, 3.8) is 0 Å². The van der Waals surface area contributed by atoms with Crippen molar-refractivity contribution in [1.82, 2.24) is 9.13 Å². The third-order valence-electron chi connectivity index (χ3n) is 5.76. The van der Waals surface area contributed by atoms with E-state index < -0.39 is 5.69 Å². The highest BCUT2D eigenvalue weighted by Gasteiger charge is 2.15. The third kappa shape index (κ3) is 4.95. The fraction of sp³-hybridized carbons (Fsp3) is 0.222. The lowest BCUT2D eigenvalue weighted by molar-refractivity contribution is -0.116. The van der Waals surface area contributed by atoms with Crippen LogP contribution in [0.15, 0.2) is 82.4 Å². The second-order valence-electron chi connectivity index (χ2n) is 8.18. The maximum atomic E-state index is 13.3. The highest BCUT2D eigenvalue weighted by molar-refractivity contribution is 5.91. The van der Waals surface area contributed by atoms with E-state index in [0.717, 1.165) is 23.1 Å². The summed E-state index contributed by atoms with van der Waals surface area (Å²) in [5, 5.41) is 3.29. The van der Waals surface area contributed by atoms with E-state index in [9.17, 15) is 14.4 Å².